The fourth-order valence-electron chi connectivity index (χ4n) is 1.09. The second-order valence-electron chi connectivity index (χ2n) is 2.88. The predicted molar refractivity (Wildman–Crippen MR) is 55.5 cm³/mol. The van der Waals surface area contributed by atoms with E-state index in [1.807, 2.05) is 6.92 Å². The van der Waals surface area contributed by atoms with Gasteiger partial charge < -0.3 is 9.47 Å². The van der Waals surface area contributed by atoms with Crippen molar-refractivity contribution in [2.45, 2.75) is 13.0 Å². The summed E-state index contributed by atoms with van der Waals surface area (Å²) in [7, 11) is 1.55. The fourth-order valence-corrected chi connectivity index (χ4v) is 1.66. The summed E-state index contributed by atoms with van der Waals surface area (Å²) < 4.78 is 23.8. The van der Waals surface area contributed by atoms with Gasteiger partial charge in [0.25, 0.3) is 0 Å². The highest BCUT2D eigenvalue weighted by Crippen LogP contribution is 2.26. The molecule has 0 aliphatic heterocycles. The van der Waals surface area contributed by atoms with E-state index in [9.17, 15) is 4.39 Å². The molecule has 0 N–H and O–H groups in total. The Labute approximate surface area is 91.2 Å². The molecule has 0 saturated heterocycles. The Hall–Kier alpha value is -0.450. The van der Waals surface area contributed by atoms with Crippen molar-refractivity contribution >= 4 is 15.9 Å². The van der Waals surface area contributed by atoms with E-state index >= 15 is 0 Å². The summed E-state index contributed by atoms with van der Waals surface area (Å²) in [5.74, 6) is -0.268. The first-order valence-corrected chi connectivity index (χ1v) is 5.00. The summed E-state index contributed by atoms with van der Waals surface area (Å²) in [5.41, 5.74) is 0.780. The van der Waals surface area contributed by atoms with Gasteiger partial charge in [-0.2, -0.15) is 0 Å². The first-order valence-electron chi connectivity index (χ1n) is 4.20. The minimum Gasteiger partial charge on any atom is -0.359 e. The molecule has 0 aliphatic carbocycles. The van der Waals surface area contributed by atoms with E-state index in [4.69, 9.17) is 9.47 Å². The molecule has 0 aliphatic rings. The van der Waals surface area contributed by atoms with Gasteiger partial charge in [-0.05, 0) is 30.7 Å². The molecule has 2 nitrogen and oxygen atoms in total. The third kappa shape index (κ3) is 3.04. The zero-order valence-corrected chi connectivity index (χ0v) is 9.67. The molecule has 78 valence electrons. The van der Waals surface area contributed by atoms with Gasteiger partial charge in [-0.25, -0.2) is 4.39 Å². The Morgan fingerprint density at radius 3 is 2.86 bits per heavy atom. The van der Waals surface area contributed by atoms with Crippen LogP contribution in [0, 0.1) is 5.82 Å². The maximum atomic E-state index is 12.9. The zero-order chi connectivity index (χ0) is 10.6. The summed E-state index contributed by atoms with van der Waals surface area (Å²) >= 11 is 3.34. The van der Waals surface area contributed by atoms with E-state index in [0.29, 0.717) is 0 Å². The fraction of sp³-hybridized carbons (Fsp3) is 0.400. The van der Waals surface area contributed by atoms with Gasteiger partial charge in [0.2, 0.25) is 0 Å². The van der Waals surface area contributed by atoms with Crippen molar-refractivity contribution < 1.29 is 13.9 Å². The molecule has 0 spiro atoms. The molecule has 1 atom stereocenters. The monoisotopic (exact) mass is 262 g/mol. The van der Waals surface area contributed by atoms with E-state index in [-0.39, 0.29) is 18.7 Å². The van der Waals surface area contributed by atoms with Crippen molar-refractivity contribution in [3.63, 3.8) is 0 Å². The van der Waals surface area contributed by atoms with Gasteiger partial charge in [0.15, 0.2) is 0 Å². The molecule has 14 heavy (non-hydrogen) atoms. The van der Waals surface area contributed by atoms with Crippen LogP contribution >= 0.6 is 15.9 Å². The number of methoxy groups -OCH3 is 1. The molecule has 1 rings (SSSR count). The minimum absolute atomic E-state index is 0.194. The molecule has 4 heteroatoms. The molecule has 0 heterocycles. The molecule has 0 radical (unpaired) electrons. The number of ether oxygens (including phenoxy) is 2. The summed E-state index contributed by atoms with van der Waals surface area (Å²) in [5, 5.41) is 0. The molecule has 0 saturated carbocycles. The third-order valence-corrected chi connectivity index (χ3v) is 2.55. The van der Waals surface area contributed by atoms with Gasteiger partial charge >= 0.3 is 0 Å². The number of hydrogen-bond donors (Lipinski definition) is 0. The van der Waals surface area contributed by atoms with E-state index in [1.54, 1.807) is 13.2 Å². The van der Waals surface area contributed by atoms with Crippen LogP contribution in [0.1, 0.15) is 18.6 Å². The molecule has 1 aromatic rings. The quantitative estimate of drug-likeness (QED) is 0.776. The number of rotatable bonds is 4. The molecule has 0 fully saturated rings. The highest BCUT2D eigenvalue weighted by atomic mass is 79.9. The van der Waals surface area contributed by atoms with Crippen molar-refractivity contribution in [2.75, 3.05) is 13.9 Å². The lowest BCUT2D eigenvalue weighted by Crippen LogP contribution is -2.04. The SMILES string of the molecule is COCO[C@H](C)c1cc(F)ccc1Br. The van der Waals surface area contributed by atoms with Gasteiger partial charge in [0, 0.05) is 11.6 Å². The zero-order valence-electron chi connectivity index (χ0n) is 8.09. The van der Waals surface area contributed by atoms with Crippen molar-refractivity contribution in [2.24, 2.45) is 0 Å². The lowest BCUT2D eigenvalue weighted by atomic mass is 10.1. The Bertz CT molecular complexity index is 304. The lowest BCUT2D eigenvalue weighted by Gasteiger charge is -2.14. The van der Waals surface area contributed by atoms with Crippen LogP contribution in [0.5, 0.6) is 0 Å². The highest BCUT2D eigenvalue weighted by Gasteiger charge is 2.10. The van der Waals surface area contributed by atoms with Crippen LogP contribution in [-0.2, 0) is 9.47 Å². The Morgan fingerprint density at radius 1 is 1.50 bits per heavy atom. The number of benzene rings is 1. The summed E-state index contributed by atoms with van der Waals surface area (Å²) in [6.07, 6.45) is -0.194. The van der Waals surface area contributed by atoms with E-state index in [0.717, 1.165) is 10.0 Å². The Balaban J connectivity index is 2.77. The van der Waals surface area contributed by atoms with Gasteiger partial charge in [-0.15, -0.1) is 0 Å². The minimum atomic E-state index is -0.268. The topological polar surface area (TPSA) is 18.5 Å². The van der Waals surface area contributed by atoms with Crippen LogP contribution in [0.25, 0.3) is 0 Å². The standard InChI is InChI=1S/C10H12BrFO2/c1-7(14-6-13-2)9-5-8(12)3-4-10(9)11/h3-5,7H,6H2,1-2H3/t7-/m1/s1. The average Bonchev–Trinajstić information content (AvgIpc) is 2.18. The summed E-state index contributed by atoms with van der Waals surface area (Å²) in [4.78, 5) is 0. The predicted octanol–water partition coefficient (Wildman–Crippen LogP) is 3.27. The first-order chi connectivity index (χ1) is 6.65. The van der Waals surface area contributed by atoms with Gasteiger partial charge in [-0.3, -0.25) is 0 Å². The van der Waals surface area contributed by atoms with Crippen molar-refractivity contribution in [1.29, 1.82) is 0 Å². The third-order valence-electron chi connectivity index (χ3n) is 1.83. The van der Waals surface area contributed by atoms with Crippen LogP contribution in [0.3, 0.4) is 0 Å². The summed E-state index contributed by atoms with van der Waals surface area (Å²) in [6.45, 7) is 2.04. The molecule has 0 unspecified atom stereocenters. The highest BCUT2D eigenvalue weighted by molar-refractivity contribution is 9.10. The van der Waals surface area contributed by atoms with E-state index in [2.05, 4.69) is 15.9 Å². The van der Waals surface area contributed by atoms with Crippen molar-refractivity contribution in [3.8, 4) is 0 Å². The van der Waals surface area contributed by atoms with Gasteiger partial charge in [-0.1, -0.05) is 15.9 Å². The molecule has 0 aromatic heterocycles. The molecule has 1 aromatic carbocycles. The second-order valence-corrected chi connectivity index (χ2v) is 3.74. The second kappa shape index (κ2) is 5.44. The number of halogens is 2. The van der Waals surface area contributed by atoms with Crippen molar-refractivity contribution in [1.82, 2.24) is 0 Å². The Morgan fingerprint density at radius 2 is 2.21 bits per heavy atom. The maximum Gasteiger partial charge on any atom is 0.147 e. The molecule has 0 amide bonds. The molecular formula is C10H12BrFO2. The maximum absolute atomic E-state index is 12.9. The first kappa shape index (κ1) is 11.6. The average molecular weight is 263 g/mol. The van der Waals surface area contributed by atoms with Gasteiger partial charge in [0.05, 0.1) is 6.10 Å². The Kier molecular flexibility index (Phi) is 4.51. The normalized spacial score (nSPS) is 12.9. The summed E-state index contributed by atoms with van der Waals surface area (Å²) in [6, 6.07) is 4.51. The van der Waals surface area contributed by atoms with Crippen LogP contribution in [0.4, 0.5) is 4.39 Å². The van der Waals surface area contributed by atoms with Crippen molar-refractivity contribution in [3.05, 3.63) is 34.1 Å². The molecule has 0 bridgehead atoms. The van der Waals surface area contributed by atoms with Gasteiger partial charge in [0.1, 0.15) is 12.6 Å². The smallest absolute Gasteiger partial charge is 0.147 e. The van der Waals surface area contributed by atoms with E-state index in [1.165, 1.54) is 12.1 Å². The molecular weight excluding hydrogens is 251 g/mol. The van der Waals surface area contributed by atoms with Crippen LogP contribution in [-0.4, -0.2) is 13.9 Å². The van der Waals surface area contributed by atoms with Crippen LogP contribution < -0.4 is 0 Å². The van der Waals surface area contributed by atoms with Crippen LogP contribution in [0.2, 0.25) is 0 Å². The van der Waals surface area contributed by atoms with E-state index < -0.39 is 0 Å². The van der Waals surface area contributed by atoms with Crippen LogP contribution in [0.15, 0.2) is 22.7 Å². The number of hydrogen-bond acceptors (Lipinski definition) is 2. The largest absolute Gasteiger partial charge is 0.359 e. The lowest BCUT2D eigenvalue weighted by molar-refractivity contribution is -0.0669.